The first-order valence-corrected chi connectivity index (χ1v) is 2.60. The second-order valence-electron chi connectivity index (χ2n) is 1.38. The normalized spacial score (nSPS) is 10.0. The Balaban J connectivity index is 2.82. The van der Waals surface area contributed by atoms with Gasteiger partial charge in [0.2, 0.25) is 0 Å². The first kappa shape index (κ1) is 7.24. The van der Waals surface area contributed by atoms with Gasteiger partial charge in [-0.3, -0.25) is 0 Å². The van der Waals surface area contributed by atoms with Crippen molar-refractivity contribution in [2.24, 2.45) is 5.73 Å². The predicted molar refractivity (Wildman–Crippen MR) is 36.4 cm³/mol. The molecule has 0 heterocycles. The van der Waals surface area contributed by atoms with Gasteiger partial charge in [0.1, 0.15) is 0 Å². The number of nitrogens with two attached hydrogens (primary N) is 1. The Hall–Kier alpha value is -0.760. The zero-order valence-corrected chi connectivity index (χ0v) is 4.93. The minimum absolute atomic E-state index is 0.822. The Morgan fingerprint density at radius 2 is 2.25 bits per heavy atom. The highest BCUT2D eigenvalue weighted by Gasteiger charge is 1.71. The van der Waals surface area contributed by atoms with Gasteiger partial charge in [-0.2, -0.15) is 0 Å². The lowest BCUT2D eigenvalue weighted by molar-refractivity contribution is 0.843. The SMILES string of the molecule is C=CCNCC=CN. The van der Waals surface area contributed by atoms with Crippen molar-refractivity contribution in [3.05, 3.63) is 24.9 Å². The molecule has 46 valence electrons. The van der Waals surface area contributed by atoms with Gasteiger partial charge in [0, 0.05) is 13.1 Å². The summed E-state index contributed by atoms with van der Waals surface area (Å²) < 4.78 is 0. The standard InChI is InChI=1S/C6H12N2/c1-2-5-8-6-3-4-7/h2-4,8H,1,5-7H2. The van der Waals surface area contributed by atoms with Crippen LogP contribution in [-0.4, -0.2) is 13.1 Å². The van der Waals surface area contributed by atoms with E-state index in [2.05, 4.69) is 11.9 Å². The van der Waals surface area contributed by atoms with Gasteiger partial charge in [0.15, 0.2) is 0 Å². The van der Waals surface area contributed by atoms with Crippen molar-refractivity contribution in [3.8, 4) is 0 Å². The third-order valence-corrected chi connectivity index (χ3v) is 0.687. The molecule has 0 saturated carbocycles. The van der Waals surface area contributed by atoms with Gasteiger partial charge in [0.25, 0.3) is 0 Å². The van der Waals surface area contributed by atoms with E-state index in [0.29, 0.717) is 0 Å². The van der Waals surface area contributed by atoms with E-state index in [-0.39, 0.29) is 0 Å². The lowest BCUT2D eigenvalue weighted by Crippen LogP contribution is -2.12. The highest BCUT2D eigenvalue weighted by molar-refractivity contribution is 4.80. The molecule has 0 unspecified atom stereocenters. The molecule has 0 radical (unpaired) electrons. The Bertz CT molecular complexity index is 76.6. The molecule has 0 bridgehead atoms. The quantitative estimate of drug-likeness (QED) is 0.403. The molecule has 0 aliphatic heterocycles. The van der Waals surface area contributed by atoms with Crippen LogP contribution in [-0.2, 0) is 0 Å². The van der Waals surface area contributed by atoms with Crippen LogP contribution in [0.4, 0.5) is 0 Å². The van der Waals surface area contributed by atoms with E-state index >= 15 is 0 Å². The average molecular weight is 112 g/mol. The van der Waals surface area contributed by atoms with E-state index in [4.69, 9.17) is 5.73 Å². The van der Waals surface area contributed by atoms with Crippen molar-refractivity contribution in [1.82, 2.24) is 5.32 Å². The van der Waals surface area contributed by atoms with Gasteiger partial charge < -0.3 is 11.1 Å². The molecule has 0 aliphatic rings. The van der Waals surface area contributed by atoms with Crippen LogP contribution in [0.3, 0.4) is 0 Å². The fourth-order valence-electron chi connectivity index (χ4n) is 0.337. The third kappa shape index (κ3) is 5.24. The summed E-state index contributed by atoms with van der Waals surface area (Å²) in [4.78, 5) is 0. The molecule has 2 nitrogen and oxygen atoms in total. The van der Waals surface area contributed by atoms with Crippen molar-refractivity contribution in [1.29, 1.82) is 0 Å². The number of rotatable bonds is 4. The maximum Gasteiger partial charge on any atom is 0.0154 e. The molecular weight excluding hydrogens is 100 g/mol. The molecule has 3 N–H and O–H groups in total. The van der Waals surface area contributed by atoms with E-state index in [1.807, 2.05) is 12.2 Å². The summed E-state index contributed by atoms with van der Waals surface area (Å²) in [5.41, 5.74) is 5.06. The summed E-state index contributed by atoms with van der Waals surface area (Å²) >= 11 is 0. The molecule has 0 aliphatic carbocycles. The second kappa shape index (κ2) is 6.24. The van der Waals surface area contributed by atoms with Gasteiger partial charge in [-0.1, -0.05) is 12.2 Å². The summed E-state index contributed by atoms with van der Waals surface area (Å²) in [6.07, 6.45) is 5.18. The average Bonchev–Trinajstić information content (AvgIpc) is 1.81. The molecule has 0 spiro atoms. The molecule has 0 aromatic heterocycles. The van der Waals surface area contributed by atoms with Crippen LogP contribution >= 0.6 is 0 Å². The molecule has 0 saturated heterocycles. The van der Waals surface area contributed by atoms with Crippen molar-refractivity contribution >= 4 is 0 Å². The van der Waals surface area contributed by atoms with E-state index in [9.17, 15) is 0 Å². The van der Waals surface area contributed by atoms with Gasteiger partial charge in [-0.05, 0) is 6.20 Å². The fourth-order valence-corrected chi connectivity index (χ4v) is 0.337. The van der Waals surface area contributed by atoms with E-state index in [1.54, 1.807) is 0 Å². The fraction of sp³-hybridized carbons (Fsp3) is 0.333. The van der Waals surface area contributed by atoms with E-state index in [1.165, 1.54) is 6.20 Å². The van der Waals surface area contributed by atoms with Crippen molar-refractivity contribution in [2.75, 3.05) is 13.1 Å². The summed E-state index contributed by atoms with van der Waals surface area (Å²) in [5.74, 6) is 0. The molecule has 0 fully saturated rings. The Morgan fingerprint density at radius 1 is 1.50 bits per heavy atom. The minimum atomic E-state index is 0.822. The summed E-state index contributed by atoms with van der Waals surface area (Å²) in [6.45, 7) is 5.20. The number of hydrogen-bond acceptors (Lipinski definition) is 2. The Labute approximate surface area is 50.1 Å². The Kier molecular flexibility index (Phi) is 5.65. The van der Waals surface area contributed by atoms with Crippen LogP contribution in [0.25, 0.3) is 0 Å². The van der Waals surface area contributed by atoms with E-state index in [0.717, 1.165) is 13.1 Å². The van der Waals surface area contributed by atoms with Crippen LogP contribution in [0.1, 0.15) is 0 Å². The third-order valence-electron chi connectivity index (χ3n) is 0.687. The lowest BCUT2D eigenvalue weighted by atomic mass is 10.5. The molecule has 8 heavy (non-hydrogen) atoms. The van der Waals surface area contributed by atoms with Gasteiger partial charge in [-0.15, -0.1) is 6.58 Å². The minimum Gasteiger partial charge on any atom is -0.405 e. The molecule has 0 rings (SSSR count). The van der Waals surface area contributed by atoms with Gasteiger partial charge in [-0.25, -0.2) is 0 Å². The molecule has 0 amide bonds. The van der Waals surface area contributed by atoms with Crippen LogP contribution in [0.15, 0.2) is 24.9 Å². The number of hydrogen-bond donors (Lipinski definition) is 2. The molecular formula is C6H12N2. The van der Waals surface area contributed by atoms with Gasteiger partial charge in [0.05, 0.1) is 0 Å². The Morgan fingerprint density at radius 3 is 2.75 bits per heavy atom. The second-order valence-corrected chi connectivity index (χ2v) is 1.38. The topological polar surface area (TPSA) is 38.0 Å². The maximum absolute atomic E-state index is 5.06. The molecule has 2 heteroatoms. The highest BCUT2D eigenvalue weighted by Crippen LogP contribution is 1.62. The van der Waals surface area contributed by atoms with Crippen molar-refractivity contribution in [2.45, 2.75) is 0 Å². The summed E-state index contributed by atoms with van der Waals surface area (Å²) in [5, 5.41) is 3.05. The van der Waals surface area contributed by atoms with Crippen LogP contribution in [0.5, 0.6) is 0 Å². The largest absolute Gasteiger partial charge is 0.405 e. The van der Waals surface area contributed by atoms with Crippen molar-refractivity contribution < 1.29 is 0 Å². The van der Waals surface area contributed by atoms with Gasteiger partial charge >= 0.3 is 0 Å². The molecule has 0 aromatic rings. The van der Waals surface area contributed by atoms with Crippen LogP contribution < -0.4 is 11.1 Å². The van der Waals surface area contributed by atoms with Crippen LogP contribution in [0.2, 0.25) is 0 Å². The first-order valence-electron chi connectivity index (χ1n) is 2.60. The summed E-state index contributed by atoms with van der Waals surface area (Å²) in [6, 6.07) is 0. The zero-order chi connectivity index (χ0) is 6.24. The predicted octanol–water partition coefficient (Wildman–Crippen LogP) is 0.234. The van der Waals surface area contributed by atoms with E-state index < -0.39 is 0 Å². The zero-order valence-electron chi connectivity index (χ0n) is 4.93. The summed E-state index contributed by atoms with van der Waals surface area (Å²) in [7, 11) is 0. The monoisotopic (exact) mass is 112 g/mol. The maximum atomic E-state index is 5.06. The molecule has 0 atom stereocenters. The van der Waals surface area contributed by atoms with Crippen LogP contribution in [0, 0.1) is 0 Å². The first-order chi connectivity index (χ1) is 3.91. The molecule has 0 aromatic carbocycles. The smallest absolute Gasteiger partial charge is 0.0154 e. The highest BCUT2D eigenvalue weighted by atomic mass is 14.8. The number of nitrogens with one attached hydrogen (secondary N) is 1. The van der Waals surface area contributed by atoms with Crippen molar-refractivity contribution in [3.63, 3.8) is 0 Å². The lowest BCUT2D eigenvalue weighted by Gasteiger charge is -1.91.